The zero-order valence-electron chi connectivity index (χ0n) is 12.6. The maximum atomic E-state index is 12.4. The van der Waals surface area contributed by atoms with E-state index in [0.29, 0.717) is 12.3 Å². The average molecular weight is 298 g/mol. The number of fused-ring (bicyclic) bond motifs is 1. The van der Waals surface area contributed by atoms with E-state index in [4.69, 9.17) is 4.42 Å². The predicted octanol–water partition coefficient (Wildman–Crippen LogP) is 3.08. The summed E-state index contributed by atoms with van der Waals surface area (Å²) in [6, 6.07) is 9.00. The molecule has 1 N–H and O–H groups in total. The Kier molecular flexibility index (Phi) is 3.71. The Hall–Kier alpha value is -2.56. The van der Waals surface area contributed by atoms with Gasteiger partial charge in [-0.3, -0.25) is 9.59 Å². The van der Waals surface area contributed by atoms with Crippen molar-refractivity contribution in [3.8, 4) is 0 Å². The SMILES string of the molecule is CC(C)C(=O)Nc1ccc2c(c1)CCN2C(=O)c1ccco1. The third kappa shape index (κ3) is 2.62. The number of rotatable bonds is 3. The maximum absolute atomic E-state index is 12.4. The van der Waals surface area contributed by atoms with Crippen molar-refractivity contribution in [2.75, 3.05) is 16.8 Å². The number of carbonyl (C=O) groups excluding carboxylic acids is 2. The molecule has 0 spiro atoms. The van der Waals surface area contributed by atoms with Gasteiger partial charge >= 0.3 is 0 Å². The Morgan fingerprint density at radius 3 is 2.77 bits per heavy atom. The van der Waals surface area contributed by atoms with Crippen LogP contribution in [0.15, 0.2) is 41.0 Å². The fourth-order valence-corrected chi connectivity index (χ4v) is 2.51. The van der Waals surface area contributed by atoms with Gasteiger partial charge in [-0.2, -0.15) is 0 Å². The molecule has 5 heteroatoms. The van der Waals surface area contributed by atoms with E-state index in [1.807, 2.05) is 32.0 Å². The number of amides is 2. The number of carbonyl (C=O) groups is 2. The molecular formula is C17H18N2O3. The van der Waals surface area contributed by atoms with Crippen molar-refractivity contribution in [2.24, 2.45) is 5.92 Å². The van der Waals surface area contributed by atoms with E-state index < -0.39 is 0 Å². The molecular weight excluding hydrogens is 280 g/mol. The number of hydrogen-bond acceptors (Lipinski definition) is 3. The van der Waals surface area contributed by atoms with Gasteiger partial charge in [0.2, 0.25) is 5.91 Å². The minimum absolute atomic E-state index is 0.0125. The molecule has 0 radical (unpaired) electrons. The monoisotopic (exact) mass is 298 g/mol. The van der Waals surface area contributed by atoms with Crippen LogP contribution in [-0.2, 0) is 11.2 Å². The molecule has 0 saturated carbocycles. The topological polar surface area (TPSA) is 62.6 Å². The number of furan rings is 1. The van der Waals surface area contributed by atoms with Crippen LogP contribution in [0, 0.1) is 5.92 Å². The van der Waals surface area contributed by atoms with Crippen molar-refractivity contribution in [3.63, 3.8) is 0 Å². The molecule has 0 saturated heterocycles. The smallest absolute Gasteiger partial charge is 0.293 e. The Balaban J connectivity index is 1.81. The quantitative estimate of drug-likeness (QED) is 0.947. The number of hydrogen-bond donors (Lipinski definition) is 1. The maximum Gasteiger partial charge on any atom is 0.293 e. The summed E-state index contributed by atoms with van der Waals surface area (Å²) in [4.78, 5) is 25.8. The van der Waals surface area contributed by atoms with Crippen LogP contribution in [-0.4, -0.2) is 18.4 Å². The van der Waals surface area contributed by atoms with E-state index in [9.17, 15) is 9.59 Å². The average Bonchev–Trinajstić information content (AvgIpc) is 3.15. The van der Waals surface area contributed by atoms with E-state index in [2.05, 4.69) is 5.32 Å². The van der Waals surface area contributed by atoms with Gasteiger partial charge in [-0.05, 0) is 42.3 Å². The molecule has 2 heterocycles. The first kappa shape index (κ1) is 14.4. The highest BCUT2D eigenvalue weighted by Gasteiger charge is 2.27. The number of nitrogens with zero attached hydrogens (tertiary/aromatic N) is 1. The van der Waals surface area contributed by atoms with Gasteiger partial charge < -0.3 is 14.6 Å². The summed E-state index contributed by atoms with van der Waals surface area (Å²) in [6.07, 6.45) is 2.27. The van der Waals surface area contributed by atoms with Gasteiger partial charge in [0, 0.05) is 23.8 Å². The summed E-state index contributed by atoms with van der Waals surface area (Å²) in [7, 11) is 0. The highest BCUT2D eigenvalue weighted by atomic mass is 16.3. The number of anilines is 2. The molecule has 0 unspecified atom stereocenters. The van der Waals surface area contributed by atoms with Crippen LogP contribution in [0.2, 0.25) is 0 Å². The highest BCUT2D eigenvalue weighted by molar-refractivity contribution is 6.05. The fraction of sp³-hybridized carbons (Fsp3) is 0.294. The second-order valence-corrected chi connectivity index (χ2v) is 5.67. The molecule has 0 aliphatic carbocycles. The van der Waals surface area contributed by atoms with Crippen LogP contribution in [0.1, 0.15) is 30.0 Å². The first-order valence-corrected chi connectivity index (χ1v) is 7.35. The lowest BCUT2D eigenvalue weighted by atomic mass is 10.1. The van der Waals surface area contributed by atoms with Gasteiger partial charge in [0.05, 0.1) is 6.26 Å². The normalized spacial score (nSPS) is 13.3. The Morgan fingerprint density at radius 2 is 2.09 bits per heavy atom. The molecule has 1 aromatic carbocycles. The molecule has 5 nitrogen and oxygen atoms in total. The van der Waals surface area contributed by atoms with E-state index >= 15 is 0 Å². The Morgan fingerprint density at radius 1 is 1.27 bits per heavy atom. The number of benzene rings is 1. The minimum Gasteiger partial charge on any atom is -0.459 e. The summed E-state index contributed by atoms with van der Waals surface area (Å²) in [6.45, 7) is 4.33. The van der Waals surface area contributed by atoms with Crippen molar-refractivity contribution in [1.82, 2.24) is 0 Å². The summed E-state index contributed by atoms with van der Waals surface area (Å²) in [5, 5.41) is 2.88. The predicted molar refractivity (Wildman–Crippen MR) is 84.0 cm³/mol. The number of nitrogens with one attached hydrogen (secondary N) is 1. The van der Waals surface area contributed by atoms with Gasteiger partial charge in [0.25, 0.3) is 5.91 Å². The first-order valence-electron chi connectivity index (χ1n) is 7.35. The molecule has 1 aromatic heterocycles. The van der Waals surface area contributed by atoms with Crippen LogP contribution in [0.4, 0.5) is 11.4 Å². The molecule has 0 fully saturated rings. The molecule has 22 heavy (non-hydrogen) atoms. The largest absolute Gasteiger partial charge is 0.459 e. The van der Waals surface area contributed by atoms with Crippen molar-refractivity contribution in [2.45, 2.75) is 20.3 Å². The molecule has 3 rings (SSSR count). The van der Waals surface area contributed by atoms with Crippen molar-refractivity contribution in [3.05, 3.63) is 47.9 Å². The summed E-state index contributed by atoms with van der Waals surface area (Å²) < 4.78 is 5.18. The summed E-state index contributed by atoms with van der Waals surface area (Å²) >= 11 is 0. The molecule has 2 aromatic rings. The Bertz CT molecular complexity index is 705. The van der Waals surface area contributed by atoms with E-state index in [1.54, 1.807) is 17.0 Å². The van der Waals surface area contributed by atoms with Crippen LogP contribution < -0.4 is 10.2 Å². The molecule has 0 atom stereocenters. The molecule has 114 valence electrons. The zero-order chi connectivity index (χ0) is 15.7. The molecule has 2 amide bonds. The molecule has 0 bridgehead atoms. The van der Waals surface area contributed by atoms with Gasteiger partial charge in [0.15, 0.2) is 5.76 Å². The van der Waals surface area contributed by atoms with Crippen molar-refractivity contribution >= 4 is 23.2 Å². The van der Waals surface area contributed by atoms with E-state index in [-0.39, 0.29) is 17.7 Å². The van der Waals surface area contributed by atoms with Gasteiger partial charge in [-0.1, -0.05) is 13.8 Å². The lowest BCUT2D eigenvalue weighted by Crippen LogP contribution is -2.28. The molecule has 1 aliphatic rings. The Labute approximate surface area is 128 Å². The zero-order valence-corrected chi connectivity index (χ0v) is 12.6. The third-order valence-electron chi connectivity index (χ3n) is 3.74. The molecule has 1 aliphatic heterocycles. The summed E-state index contributed by atoms with van der Waals surface area (Å²) in [5.74, 6) is 0.125. The van der Waals surface area contributed by atoms with Crippen molar-refractivity contribution < 1.29 is 14.0 Å². The van der Waals surface area contributed by atoms with Crippen LogP contribution >= 0.6 is 0 Å². The summed E-state index contributed by atoms with van der Waals surface area (Å²) in [5.41, 5.74) is 2.70. The van der Waals surface area contributed by atoms with Crippen LogP contribution in [0.3, 0.4) is 0 Å². The second kappa shape index (κ2) is 5.67. The minimum atomic E-state index is -0.136. The second-order valence-electron chi connectivity index (χ2n) is 5.67. The highest BCUT2D eigenvalue weighted by Crippen LogP contribution is 2.31. The lowest BCUT2D eigenvalue weighted by molar-refractivity contribution is -0.118. The van der Waals surface area contributed by atoms with E-state index in [1.165, 1.54) is 6.26 Å². The standard InChI is InChI=1S/C17H18N2O3/c1-11(2)16(20)18-13-5-6-14-12(10-13)7-8-19(14)17(21)15-4-3-9-22-15/h3-6,9-11H,7-8H2,1-2H3,(H,18,20). The van der Waals surface area contributed by atoms with Crippen molar-refractivity contribution in [1.29, 1.82) is 0 Å². The van der Waals surface area contributed by atoms with Gasteiger partial charge in [0.1, 0.15) is 0 Å². The lowest BCUT2D eigenvalue weighted by Gasteiger charge is -2.16. The van der Waals surface area contributed by atoms with Crippen LogP contribution in [0.25, 0.3) is 0 Å². The van der Waals surface area contributed by atoms with E-state index in [0.717, 1.165) is 23.4 Å². The third-order valence-corrected chi connectivity index (χ3v) is 3.74. The first-order chi connectivity index (χ1) is 10.6. The van der Waals surface area contributed by atoms with Crippen LogP contribution in [0.5, 0.6) is 0 Å². The van der Waals surface area contributed by atoms with Gasteiger partial charge in [-0.15, -0.1) is 0 Å². The fourth-order valence-electron chi connectivity index (χ4n) is 2.51. The van der Waals surface area contributed by atoms with Gasteiger partial charge in [-0.25, -0.2) is 0 Å².